The highest BCUT2D eigenvalue weighted by molar-refractivity contribution is 5.86. The summed E-state index contributed by atoms with van der Waals surface area (Å²) < 4.78 is 39.7. The molecule has 1 aliphatic rings. The maximum Gasteiger partial charge on any atom is 0.435 e. The Balaban J connectivity index is 1.93. The predicted molar refractivity (Wildman–Crippen MR) is 64.9 cm³/mol. The van der Waals surface area contributed by atoms with E-state index in [4.69, 9.17) is 5.11 Å². The lowest BCUT2D eigenvalue weighted by molar-refractivity contribution is -0.144. The predicted octanol–water partition coefficient (Wildman–Crippen LogP) is 2.33. The van der Waals surface area contributed by atoms with Gasteiger partial charge >= 0.3 is 12.1 Å². The molecule has 21 heavy (non-hydrogen) atoms. The van der Waals surface area contributed by atoms with Crippen LogP contribution in [0.15, 0.2) is 24.3 Å². The van der Waals surface area contributed by atoms with E-state index in [0.29, 0.717) is 11.1 Å². The number of rotatable bonds is 3. The Morgan fingerprint density at radius 1 is 1.38 bits per heavy atom. The molecule has 1 N–H and O–H groups in total. The summed E-state index contributed by atoms with van der Waals surface area (Å²) in [5.41, 5.74) is -0.304. The van der Waals surface area contributed by atoms with E-state index in [1.807, 2.05) is 24.3 Å². The largest absolute Gasteiger partial charge is 0.476 e. The van der Waals surface area contributed by atoms with Crippen LogP contribution >= 0.6 is 0 Å². The fraction of sp³-hybridized carbons (Fsp3) is 0.308. The Kier molecular flexibility index (Phi) is 2.96. The number of nitrogens with zero attached hydrogens (tertiary/aromatic N) is 3. The summed E-state index contributed by atoms with van der Waals surface area (Å²) in [6.45, 7) is -0.0356. The van der Waals surface area contributed by atoms with Gasteiger partial charge in [0, 0.05) is 5.92 Å². The summed E-state index contributed by atoms with van der Waals surface area (Å²) in [6.07, 6.45) is -4.16. The molecule has 1 aromatic heterocycles. The van der Waals surface area contributed by atoms with Gasteiger partial charge in [-0.15, -0.1) is 5.10 Å². The summed E-state index contributed by atoms with van der Waals surface area (Å²) >= 11 is 0. The van der Waals surface area contributed by atoms with E-state index < -0.39 is 23.5 Å². The standard InChI is InChI=1S/C13H10F3N3O2/c14-13(15,16)11-10(12(20)21)17-18-19(11)6-8-5-7-3-1-2-4-9(7)8/h1-4,8H,5-6H2,(H,20,21). The van der Waals surface area contributed by atoms with Crippen molar-refractivity contribution in [2.75, 3.05) is 0 Å². The van der Waals surface area contributed by atoms with Crippen LogP contribution in [0, 0.1) is 0 Å². The van der Waals surface area contributed by atoms with Gasteiger partial charge < -0.3 is 5.11 Å². The Bertz CT molecular complexity index is 709. The molecule has 0 amide bonds. The summed E-state index contributed by atoms with van der Waals surface area (Å²) in [5, 5.41) is 15.3. The Morgan fingerprint density at radius 3 is 2.71 bits per heavy atom. The zero-order chi connectivity index (χ0) is 15.2. The van der Waals surface area contributed by atoms with Gasteiger partial charge in [-0.25, -0.2) is 9.48 Å². The number of aromatic nitrogens is 3. The second-order valence-electron chi connectivity index (χ2n) is 4.87. The van der Waals surface area contributed by atoms with Crippen LogP contribution in [0.5, 0.6) is 0 Å². The summed E-state index contributed by atoms with van der Waals surface area (Å²) in [6, 6.07) is 7.46. The first-order valence-corrected chi connectivity index (χ1v) is 6.19. The summed E-state index contributed by atoms with van der Waals surface area (Å²) in [4.78, 5) is 10.8. The zero-order valence-corrected chi connectivity index (χ0v) is 10.6. The van der Waals surface area contributed by atoms with Crippen molar-refractivity contribution in [1.29, 1.82) is 0 Å². The smallest absolute Gasteiger partial charge is 0.435 e. The molecule has 1 atom stereocenters. The molecule has 0 spiro atoms. The molecule has 1 heterocycles. The third-order valence-corrected chi connectivity index (χ3v) is 3.56. The van der Waals surface area contributed by atoms with Gasteiger partial charge in [-0.05, 0) is 17.5 Å². The third-order valence-electron chi connectivity index (χ3n) is 3.56. The van der Waals surface area contributed by atoms with Crippen molar-refractivity contribution in [2.24, 2.45) is 0 Å². The van der Waals surface area contributed by atoms with Gasteiger partial charge in [-0.3, -0.25) is 0 Å². The Labute approximate surface area is 117 Å². The fourth-order valence-corrected chi connectivity index (χ4v) is 2.60. The maximum atomic E-state index is 13.0. The SMILES string of the molecule is O=C(O)c1nnn(CC2Cc3ccccc32)c1C(F)(F)F. The third kappa shape index (κ3) is 2.26. The van der Waals surface area contributed by atoms with Crippen LogP contribution in [-0.2, 0) is 19.1 Å². The van der Waals surface area contributed by atoms with Crippen LogP contribution in [0.4, 0.5) is 13.2 Å². The number of carbonyl (C=O) groups is 1. The first kappa shape index (κ1) is 13.6. The molecule has 0 radical (unpaired) electrons. The van der Waals surface area contributed by atoms with Crippen molar-refractivity contribution in [3.8, 4) is 0 Å². The topological polar surface area (TPSA) is 68.0 Å². The number of alkyl halides is 3. The van der Waals surface area contributed by atoms with Crippen LogP contribution in [0.1, 0.15) is 33.2 Å². The minimum Gasteiger partial charge on any atom is -0.476 e. The number of hydrogen-bond donors (Lipinski definition) is 1. The molecule has 8 heteroatoms. The second kappa shape index (κ2) is 4.57. The average molecular weight is 297 g/mol. The number of halogens is 3. The number of aromatic carboxylic acids is 1. The Hall–Kier alpha value is -2.38. The lowest BCUT2D eigenvalue weighted by Gasteiger charge is -2.30. The number of carboxylic acid groups (broad SMARTS) is 1. The van der Waals surface area contributed by atoms with Gasteiger partial charge in [-0.2, -0.15) is 13.2 Å². The molecule has 2 aromatic rings. The summed E-state index contributed by atoms with van der Waals surface area (Å²) in [7, 11) is 0. The van der Waals surface area contributed by atoms with Crippen molar-refractivity contribution in [3.63, 3.8) is 0 Å². The minimum absolute atomic E-state index is 0.0356. The number of fused-ring (bicyclic) bond motifs is 1. The van der Waals surface area contributed by atoms with Crippen molar-refractivity contribution < 1.29 is 23.1 Å². The lowest BCUT2D eigenvalue weighted by Crippen LogP contribution is -2.26. The van der Waals surface area contributed by atoms with E-state index >= 15 is 0 Å². The molecule has 5 nitrogen and oxygen atoms in total. The molecule has 0 fully saturated rings. The first-order valence-electron chi connectivity index (χ1n) is 6.19. The van der Waals surface area contributed by atoms with E-state index in [1.165, 1.54) is 0 Å². The quantitative estimate of drug-likeness (QED) is 0.944. The molecular weight excluding hydrogens is 287 g/mol. The molecule has 110 valence electrons. The van der Waals surface area contributed by atoms with Crippen LogP contribution < -0.4 is 0 Å². The van der Waals surface area contributed by atoms with Crippen LogP contribution in [0.3, 0.4) is 0 Å². The number of benzene rings is 1. The molecule has 1 aliphatic carbocycles. The molecule has 0 saturated heterocycles. The van der Waals surface area contributed by atoms with Gasteiger partial charge in [0.05, 0.1) is 6.54 Å². The number of carboxylic acids is 1. The highest BCUT2D eigenvalue weighted by atomic mass is 19.4. The molecule has 1 aromatic carbocycles. The Morgan fingerprint density at radius 2 is 2.10 bits per heavy atom. The van der Waals surface area contributed by atoms with E-state index in [-0.39, 0.29) is 12.5 Å². The van der Waals surface area contributed by atoms with Crippen LogP contribution in [0.25, 0.3) is 0 Å². The van der Waals surface area contributed by atoms with E-state index in [1.54, 1.807) is 0 Å². The van der Waals surface area contributed by atoms with Gasteiger partial charge in [0.1, 0.15) is 0 Å². The van der Waals surface area contributed by atoms with Crippen LogP contribution in [-0.4, -0.2) is 26.1 Å². The van der Waals surface area contributed by atoms with E-state index in [9.17, 15) is 18.0 Å². The average Bonchev–Trinajstić information content (AvgIpc) is 2.80. The highest BCUT2D eigenvalue weighted by Gasteiger charge is 2.42. The maximum absolute atomic E-state index is 13.0. The van der Waals surface area contributed by atoms with Gasteiger partial charge in [0.15, 0.2) is 5.69 Å². The van der Waals surface area contributed by atoms with Crippen molar-refractivity contribution >= 4 is 5.97 Å². The molecule has 0 saturated carbocycles. The molecule has 0 aliphatic heterocycles. The van der Waals surface area contributed by atoms with Gasteiger partial charge in [-0.1, -0.05) is 29.5 Å². The van der Waals surface area contributed by atoms with Crippen molar-refractivity contribution in [3.05, 3.63) is 46.8 Å². The lowest BCUT2D eigenvalue weighted by atomic mass is 9.77. The zero-order valence-electron chi connectivity index (χ0n) is 10.6. The minimum atomic E-state index is -4.81. The summed E-state index contributed by atoms with van der Waals surface area (Å²) in [5.74, 6) is -1.84. The first-order chi connectivity index (χ1) is 9.88. The normalized spacial score (nSPS) is 17.2. The van der Waals surface area contributed by atoms with E-state index in [2.05, 4.69) is 10.3 Å². The molecular formula is C13H10F3N3O2. The molecule has 3 rings (SSSR count). The highest BCUT2D eigenvalue weighted by Crippen LogP contribution is 2.38. The second-order valence-corrected chi connectivity index (χ2v) is 4.87. The van der Waals surface area contributed by atoms with Crippen LogP contribution in [0.2, 0.25) is 0 Å². The van der Waals surface area contributed by atoms with Crippen molar-refractivity contribution in [1.82, 2.24) is 15.0 Å². The van der Waals surface area contributed by atoms with Gasteiger partial charge in [0.2, 0.25) is 5.69 Å². The molecule has 1 unspecified atom stereocenters. The van der Waals surface area contributed by atoms with Gasteiger partial charge in [0.25, 0.3) is 0 Å². The monoisotopic (exact) mass is 297 g/mol. The fourth-order valence-electron chi connectivity index (χ4n) is 2.60. The van der Waals surface area contributed by atoms with E-state index in [0.717, 1.165) is 11.1 Å². The molecule has 0 bridgehead atoms. The van der Waals surface area contributed by atoms with Crippen molar-refractivity contribution in [2.45, 2.75) is 25.1 Å². The number of hydrogen-bond acceptors (Lipinski definition) is 3.